The zero-order valence-corrected chi connectivity index (χ0v) is 20.6. The van der Waals surface area contributed by atoms with Crippen molar-refractivity contribution in [3.05, 3.63) is 110 Å². The number of hydrogen-bond acceptors (Lipinski definition) is 0. The molecule has 0 fully saturated rings. The molecule has 5 rings (SSSR count). The third-order valence-electron chi connectivity index (χ3n) is 5.68. The molecule has 0 aliphatic heterocycles. The van der Waals surface area contributed by atoms with Crippen molar-refractivity contribution in [2.75, 3.05) is 0 Å². The van der Waals surface area contributed by atoms with Crippen LogP contribution in [0.15, 0.2) is 91.0 Å². The average molecular weight is 630 g/mol. The molecule has 0 unspecified atom stereocenters. The van der Waals surface area contributed by atoms with Gasteiger partial charge >= 0.3 is 0 Å². The molecule has 0 aliphatic carbocycles. The predicted molar refractivity (Wildman–Crippen MR) is 144 cm³/mol. The molecular weight excluding hydrogens is 615 g/mol. The molecule has 5 heteroatoms. The first-order valence-corrected chi connectivity index (χ1v) is 12.0. The van der Waals surface area contributed by atoms with Crippen LogP contribution in [0.1, 0.15) is 0 Å². The fraction of sp³-hybridized carbons (Fsp3) is 0. The molecule has 0 aliphatic rings. The summed E-state index contributed by atoms with van der Waals surface area (Å²) < 4.78 is 32.6. The highest BCUT2D eigenvalue weighted by Gasteiger charge is 2.31. The first kappa shape index (κ1) is 20.9. The topological polar surface area (TPSA) is 0 Å². The Balaban J connectivity index is 1.95. The van der Waals surface area contributed by atoms with E-state index < -0.39 is 18.3 Å². The van der Waals surface area contributed by atoms with Crippen molar-refractivity contribution in [3.8, 4) is 0 Å². The summed E-state index contributed by atoms with van der Waals surface area (Å²) in [5.74, 6) is -1.06. The SMILES string of the molecule is Fc1cccc(F)c1B(c1cccc2cccc(I)c12)c1cccc2cccc(I)c12. The van der Waals surface area contributed by atoms with Gasteiger partial charge in [-0.25, -0.2) is 8.78 Å². The van der Waals surface area contributed by atoms with Crippen LogP contribution in [0.2, 0.25) is 0 Å². The summed E-state index contributed by atoms with van der Waals surface area (Å²) in [6, 6.07) is 28.3. The van der Waals surface area contributed by atoms with Gasteiger partial charge in [-0.3, -0.25) is 0 Å². The smallest absolute Gasteiger partial charge is 0.207 e. The van der Waals surface area contributed by atoms with Gasteiger partial charge < -0.3 is 0 Å². The molecule has 0 bridgehead atoms. The minimum Gasteiger partial charge on any atom is -0.207 e. The van der Waals surface area contributed by atoms with E-state index in [4.69, 9.17) is 0 Å². The normalized spacial score (nSPS) is 11.2. The Morgan fingerprint density at radius 2 is 0.903 bits per heavy atom. The Bertz CT molecular complexity index is 1330. The van der Waals surface area contributed by atoms with Crippen molar-refractivity contribution in [2.24, 2.45) is 0 Å². The second-order valence-corrected chi connectivity index (χ2v) is 9.76. The van der Waals surface area contributed by atoms with Gasteiger partial charge in [-0.05, 0) is 91.0 Å². The summed E-state index contributed by atoms with van der Waals surface area (Å²) in [5, 5.41) is 4.17. The maximum Gasteiger partial charge on any atom is 0.250 e. The summed E-state index contributed by atoms with van der Waals surface area (Å²) in [6.07, 6.45) is 0. The molecule has 0 radical (unpaired) electrons. The summed E-state index contributed by atoms with van der Waals surface area (Å²) in [4.78, 5) is 0. The van der Waals surface area contributed by atoms with Crippen LogP contribution in [0.3, 0.4) is 0 Å². The van der Waals surface area contributed by atoms with Gasteiger partial charge in [0.25, 0.3) is 6.71 Å². The highest BCUT2D eigenvalue weighted by molar-refractivity contribution is 14.1. The maximum absolute atomic E-state index is 15.2. The van der Waals surface area contributed by atoms with Crippen LogP contribution in [0.5, 0.6) is 0 Å². The van der Waals surface area contributed by atoms with Crippen molar-refractivity contribution in [2.45, 2.75) is 0 Å². The highest BCUT2D eigenvalue weighted by atomic mass is 127. The van der Waals surface area contributed by atoms with Crippen molar-refractivity contribution in [1.29, 1.82) is 0 Å². The van der Waals surface area contributed by atoms with Gasteiger partial charge in [0, 0.05) is 12.6 Å². The maximum atomic E-state index is 15.2. The second-order valence-electron chi connectivity index (χ2n) is 7.44. The van der Waals surface area contributed by atoms with Crippen LogP contribution in [0.25, 0.3) is 21.5 Å². The van der Waals surface area contributed by atoms with Crippen molar-refractivity contribution in [3.63, 3.8) is 0 Å². The molecule has 0 aromatic heterocycles. The molecule has 0 nitrogen and oxygen atoms in total. The summed E-state index contributed by atoms with van der Waals surface area (Å²) in [5.41, 5.74) is 1.89. The lowest BCUT2D eigenvalue weighted by Crippen LogP contribution is -2.55. The van der Waals surface area contributed by atoms with Crippen LogP contribution < -0.4 is 16.4 Å². The van der Waals surface area contributed by atoms with Gasteiger partial charge in [0.15, 0.2) is 0 Å². The van der Waals surface area contributed by atoms with Crippen LogP contribution in [0, 0.1) is 18.8 Å². The number of fused-ring (bicyclic) bond motifs is 2. The van der Waals surface area contributed by atoms with Crippen LogP contribution >= 0.6 is 45.2 Å². The highest BCUT2D eigenvalue weighted by Crippen LogP contribution is 2.23. The monoisotopic (exact) mass is 630 g/mol. The lowest BCUT2D eigenvalue weighted by atomic mass is 9.35. The lowest BCUT2D eigenvalue weighted by molar-refractivity contribution is 0.597. The van der Waals surface area contributed by atoms with Crippen LogP contribution in [-0.4, -0.2) is 6.71 Å². The van der Waals surface area contributed by atoms with E-state index in [0.717, 1.165) is 39.6 Å². The van der Waals surface area contributed by atoms with E-state index in [9.17, 15) is 0 Å². The van der Waals surface area contributed by atoms with E-state index in [1.54, 1.807) is 0 Å². The van der Waals surface area contributed by atoms with Gasteiger partial charge in [0.1, 0.15) is 11.6 Å². The number of halogens is 4. The summed E-state index contributed by atoms with van der Waals surface area (Å²) in [6.45, 7) is -0.583. The first-order valence-electron chi connectivity index (χ1n) is 9.84. The van der Waals surface area contributed by atoms with Gasteiger partial charge in [0.2, 0.25) is 0 Å². The van der Waals surface area contributed by atoms with E-state index in [1.807, 2.05) is 72.8 Å². The lowest BCUT2D eigenvalue weighted by Gasteiger charge is -2.21. The standard InChI is InChI=1S/C26H15BF2I2/c28-20-12-5-13-21(29)26(20)27(18-10-1-6-16-8-3-14-22(30)24(16)18)19-11-2-7-17-9-4-15-23(31)25(17)19/h1-15H. The molecule has 0 saturated carbocycles. The molecule has 0 atom stereocenters. The molecule has 5 aromatic rings. The van der Waals surface area contributed by atoms with E-state index in [0.29, 0.717) is 0 Å². The molecular formula is C26H15BF2I2. The van der Waals surface area contributed by atoms with Gasteiger partial charge in [-0.2, -0.15) is 0 Å². The van der Waals surface area contributed by atoms with Gasteiger partial charge in [-0.1, -0.05) is 77.7 Å². The Hall–Kier alpha value is -2.00. The zero-order valence-electron chi connectivity index (χ0n) is 16.2. The Labute approximate surface area is 207 Å². The number of rotatable bonds is 3. The molecule has 0 spiro atoms. The van der Waals surface area contributed by atoms with Crippen LogP contribution in [0.4, 0.5) is 8.78 Å². The Morgan fingerprint density at radius 1 is 0.516 bits per heavy atom. The molecule has 31 heavy (non-hydrogen) atoms. The quantitative estimate of drug-likeness (QED) is 0.170. The number of benzene rings is 5. The van der Waals surface area contributed by atoms with Gasteiger partial charge in [0.05, 0.1) is 0 Å². The number of hydrogen-bond donors (Lipinski definition) is 0. The molecule has 150 valence electrons. The first-order chi connectivity index (χ1) is 15.1. The van der Waals surface area contributed by atoms with Crippen molar-refractivity contribution >= 4 is 89.8 Å². The fourth-order valence-corrected chi connectivity index (χ4v) is 6.05. The van der Waals surface area contributed by atoms with E-state index in [1.165, 1.54) is 18.2 Å². The summed E-state index contributed by atoms with van der Waals surface area (Å²) >= 11 is 4.62. The zero-order chi connectivity index (χ0) is 21.5. The Kier molecular flexibility index (Phi) is 5.73. The van der Waals surface area contributed by atoms with Gasteiger partial charge in [-0.15, -0.1) is 0 Å². The van der Waals surface area contributed by atoms with Crippen molar-refractivity contribution < 1.29 is 8.78 Å². The van der Waals surface area contributed by atoms with Crippen LogP contribution in [-0.2, 0) is 0 Å². The third kappa shape index (κ3) is 3.65. The predicted octanol–water partition coefficient (Wildman–Crippen LogP) is 6.00. The average Bonchev–Trinajstić information content (AvgIpc) is 2.76. The van der Waals surface area contributed by atoms with E-state index in [2.05, 4.69) is 45.2 Å². The third-order valence-corrected chi connectivity index (χ3v) is 7.48. The van der Waals surface area contributed by atoms with Crippen molar-refractivity contribution in [1.82, 2.24) is 0 Å². The van der Waals surface area contributed by atoms with E-state index in [-0.39, 0.29) is 5.46 Å². The largest absolute Gasteiger partial charge is 0.250 e. The van der Waals surface area contributed by atoms with E-state index >= 15 is 8.78 Å². The minimum absolute atomic E-state index is 0.0850. The second kappa shape index (κ2) is 8.50. The molecule has 0 heterocycles. The summed E-state index contributed by atoms with van der Waals surface area (Å²) in [7, 11) is 0. The fourth-order valence-electron chi connectivity index (χ4n) is 4.39. The molecule has 5 aromatic carbocycles. The minimum atomic E-state index is -0.583. The molecule has 0 amide bonds. The molecule has 0 N–H and O–H groups in total. The molecule has 0 saturated heterocycles. The Morgan fingerprint density at radius 3 is 1.35 bits per heavy atom.